The summed E-state index contributed by atoms with van der Waals surface area (Å²) >= 11 is 0. The molecular weight excluding hydrogens is 236 g/mol. The lowest BCUT2D eigenvalue weighted by Crippen LogP contribution is -2.18. The van der Waals surface area contributed by atoms with Crippen molar-refractivity contribution in [2.75, 3.05) is 0 Å². The molecule has 0 aliphatic heterocycles. The van der Waals surface area contributed by atoms with E-state index in [0.29, 0.717) is 5.69 Å². The fourth-order valence-corrected chi connectivity index (χ4v) is 2.06. The Morgan fingerprint density at radius 3 is 2.89 bits per heavy atom. The van der Waals surface area contributed by atoms with Crippen molar-refractivity contribution in [3.05, 3.63) is 53.1 Å². The Morgan fingerprint density at radius 1 is 1.53 bits per heavy atom. The first-order valence-corrected chi connectivity index (χ1v) is 6.32. The lowest BCUT2D eigenvalue weighted by atomic mass is 10.1. The van der Waals surface area contributed by atoms with Crippen LogP contribution < -0.4 is 5.32 Å². The van der Waals surface area contributed by atoms with Gasteiger partial charge >= 0.3 is 0 Å². The number of rotatable bonds is 4. The van der Waals surface area contributed by atoms with Crippen LogP contribution in [0.15, 0.2) is 30.6 Å². The van der Waals surface area contributed by atoms with Crippen LogP contribution in [0, 0.1) is 18.3 Å². The van der Waals surface area contributed by atoms with E-state index in [2.05, 4.69) is 29.4 Å². The van der Waals surface area contributed by atoms with Crippen molar-refractivity contribution in [1.82, 2.24) is 14.9 Å². The Morgan fingerprint density at radius 2 is 2.32 bits per heavy atom. The van der Waals surface area contributed by atoms with Gasteiger partial charge in [0.15, 0.2) is 0 Å². The fourth-order valence-electron chi connectivity index (χ4n) is 2.06. The number of pyridine rings is 1. The lowest BCUT2D eigenvalue weighted by molar-refractivity contribution is 0.571. The van der Waals surface area contributed by atoms with Gasteiger partial charge in [0.25, 0.3) is 0 Å². The summed E-state index contributed by atoms with van der Waals surface area (Å²) in [6, 6.07) is 8.38. The van der Waals surface area contributed by atoms with Crippen LogP contribution in [0.5, 0.6) is 0 Å². The minimum atomic E-state index is 0.235. The largest absolute Gasteiger partial charge is 0.340 e. The van der Waals surface area contributed by atoms with E-state index in [1.807, 2.05) is 36.9 Å². The standard InChI is InChI=1S/C15H18N4/c1-11(13-5-4-6-17-9-13)18-10-14-7-15(8-16)19(3)12(14)2/h4-7,9,11,18H,10H2,1-3H3. The zero-order valence-corrected chi connectivity index (χ0v) is 11.5. The topological polar surface area (TPSA) is 53.6 Å². The van der Waals surface area contributed by atoms with Crippen molar-refractivity contribution in [2.45, 2.75) is 26.4 Å². The van der Waals surface area contributed by atoms with E-state index < -0.39 is 0 Å². The highest BCUT2D eigenvalue weighted by Gasteiger charge is 2.10. The molecule has 2 heterocycles. The molecule has 2 rings (SSSR count). The lowest BCUT2D eigenvalue weighted by Gasteiger charge is -2.13. The third-order valence-electron chi connectivity index (χ3n) is 3.54. The Labute approximate surface area is 113 Å². The fraction of sp³-hybridized carbons (Fsp3) is 0.333. The van der Waals surface area contributed by atoms with Crippen LogP contribution in [-0.2, 0) is 13.6 Å². The molecule has 0 aliphatic rings. The second-order valence-corrected chi connectivity index (χ2v) is 4.70. The molecule has 0 spiro atoms. The molecule has 0 aromatic carbocycles. The molecule has 98 valence electrons. The third kappa shape index (κ3) is 2.83. The van der Waals surface area contributed by atoms with E-state index in [0.717, 1.165) is 23.4 Å². The van der Waals surface area contributed by atoms with Gasteiger partial charge in [0.05, 0.1) is 0 Å². The summed E-state index contributed by atoms with van der Waals surface area (Å²) in [4.78, 5) is 4.12. The maximum Gasteiger partial charge on any atom is 0.120 e. The zero-order valence-electron chi connectivity index (χ0n) is 11.5. The van der Waals surface area contributed by atoms with Crippen molar-refractivity contribution in [3.8, 4) is 6.07 Å². The molecule has 0 aliphatic carbocycles. The smallest absolute Gasteiger partial charge is 0.120 e. The monoisotopic (exact) mass is 254 g/mol. The maximum absolute atomic E-state index is 9.01. The molecule has 4 heteroatoms. The zero-order chi connectivity index (χ0) is 13.8. The highest BCUT2D eigenvalue weighted by atomic mass is 15.0. The van der Waals surface area contributed by atoms with Gasteiger partial charge in [-0.15, -0.1) is 0 Å². The Hall–Kier alpha value is -2.12. The normalized spacial score (nSPS) is 12.1. The van der Waals surface area contributed by atoms with Gasteiger partial charge in [0, 0.05) is 37.7 Å². The first kappa shape index (κ1) is 13.3. The summed E-state index contributed by atoms with van der Waals surface area (Å²) in [7, 11) is 1.92. The number of nitrogens with zero attached hydrogens (tertiary/aromatic N) is 3. The maximum atomic E-state index is 9.01. The molecule has 0 radical (unpaired) electrons. The van der Waals surface area contributed by atoms with Crippen molar-refractivity contribution < 1.29 is 0 Å². The van der Waals surface area contributed by atoms with Crippen LogP contribution in [0.25, 0.3) is 0 Å². The molecule has 4 nitrogen and oxygen atoms in total. The van der Waals surface area contributed by atoms with Crippen molar-refractivity contribution in [2.24, 2.45) is 7.05 Å². The molecule has 2 aromatic rings. The molecular formula is C15H18N4. The van der Waals surface area contributed by atoms with E-state index >= 15 is 0 Å². The number of aromatic nitrogens is 2. The van der Waals surface area contributed by atoms with Gasteiger partial charge < -0.3 is 9.88 Å². The van der Waals surface area contributed by atoms with Crippen LogP contribution in [0.2, 0.25) is 0 Å². The molecule has 0 bridgehead atoms. The first-order valence-electron chi connectivity index (χ1n) is 6.32. The Bertz CT molecular complexity index is 593. The highest BCUT2D eigenvalue weighted by Crippen LogP contribution is 2.16. The summed E-state index contributed by atoms with van der Waals surface area (Å²) in [5.74, 6) is 0. The molecule has 0 saturated heterocycles. The molecule has 0 amide bonds. The van der Waals surface area contributed by atoms with Gasteiger partial charge in [-0.2, -0.15) is 5.26 Å². The second kappa shape index (κ2) is 5.68. The molecule has 0 saturated carbocycles. The van der Waals surface area contributed by atoms with Crippen LogP contribution >= 0.6 is 0 Å². The molecule has 2 aromatic heterocycles. The minimum absolute atomic E-state index is 0.235. The van der Waals surface area contributed by atoms with E-state index in [-0.39, 0.29) is 6.04 Å². The first-order chi connectivity index (χ1) is 9.13. The Balaban J connectivity index is 2.06. The predicted octanol–water partition coefficient (Wildman–Crippen LogP) is 2.45. The van der Waals surface area contributed by atoms with Crippen LogP contribution in [0.3, 0.4) is 0 Å². The molecule has 1 unspecified atom stereocenters. The Kier molecular flexibility index (Phi) is 3.98. The van der Waals surface area contributed by atoms with Gasteiger partial charge in [-0.05, 0) is 37.1 Å². The summed E-state index contributed by atoms with van der Waals surface area (Å²) in [5, 5.41) is 12.5. The quantitative estimate of drug-likeness (QED) is 0.911. The number of nitriles is 1. The average Bonchev–Trinajstić information content (AvgIpc) is 2.73. The number of hydrogen-bond donors (Lipinski definition) is 1. The van der Waals surface area contributed by atoms with Crippen LogP contribution in [0.1, 0.15) is 35.5 Å². The van der Waals surface area contributed by atoms with Crippen molar-refractivity contribution in [1.29, 1.82) is 5.26 Å². The van der Waals surface area contributed by atoms with E-state index in [1.165, 1.54) is 0 Å². The summed E-state index contributed by atoms with van der Waals surface area (Å²) in [5.41, 5.74) is 4.15. The molecule has 1 atom stereocenters. The van der Waals surface area contributed by atoms with E-state index in [4.69, 9.17) is 5.26 Å². The van der Waals surface area contributed by atoms with E-state index in [9.17, 15) is 0 Å². The minimum Gasteiger partial charge on any atom is -0.340 e. The molecule has 1 N–H and O–H groups in total. The van der Waals surface area contributed by atoms with Gasteiger partial charge in [-0.3, -0.25) is 4.98 Å². The SMILES string of the molecule is Cc1c(CNC(C)c2cccnc2)cc(C#N)n1C. The van der Waals surface area contributed by atoms with Gasteiger partial charge in [0.1, 0.15) is 11.8 Å². The summed E-state index contributed by atoms with van der Waals surface area (Å²) in [6.45, 7) is 4.89. The van der Waals surface area contributed by atoms with Crippen molar-refractivity contribution >= 4 is 0 Å². The number of hydrogen-bond acceptors (Lipinski definition) is 3. The summed E-state index contributed by atoms with van der Waals surface area (Å²) < 4.78 is 1.92. The molecule has 0 fully saturated rings. The highest BCUT2D eigenvalue weighted by molar-refractivity contribution is 5.34. The second-order valence-electron chi connectivity index (χ2n) is 4.70. The van der Waals surface area contributed by atoms with E-state index in [1.54, 1.807) is 6.20 Å². The van der Waals surface area contributed by atoms with Crippen LogP contribution in [0.4, 0.5) is 0 Å². The molecule has 19 heavy (non-hydrogen) atoms. The third-order valence-corrected chi connectivity index (χ3v) is 3.54. The van der Waals surface area contributed by atoms with Gasteiger partial charge in [0.2, 0.25) is 0 Å². The van der Waals surface area contributed by atoms with Crippen LogP contribution in [-0.4, -0.2) is 9.55 Å². The van der Waals surface area contributed by atoms with Gasteiger partial charge in [-0.1, -0.05) is 6.07 Å². The predicted molar refractivity (Wildman–Crippen MR) is 74.4 cm³/mol. The number of nitrogens with one attached hydrogen (secondary N) is 1. The average molecular weight is 254 g/mol. The van der Waals surface area contributed by atoms with Gasteiger partial charge in [-0.25, -0.2) is 0 Å². The van der Waals surface area contributed by atoms with Crippen molar-refractivity contribution in [3.63, 3.8) is 0 Å². The summed E-state index contributed by atoms with van der Waals surface area (Å²) in [6.07, 6.45) is 3.65.